The van der Waals surface area contributed by atoms with Crippen molar-refractivity contribution >= 4 is 27.8 Å². The highest BCUT2D eigenvalue weighted by atomic mass is 16.5. The maximum atomic E-state index is 13.1. The zero-order valence-corrected chi connectivity index (χ0v) is 20.7. The Labute approximate surface area is 203 Å². The van der Waals surface area contributed by atoms with Crippen molar-refractivity contribution in [2.45, 2.75) is 46.6 Å². The molecule has 1 aliphatic heterocycles. The molecule has 2 aromatic carbocycles. The van der Waals surface area contributed by atoms with E-state index in [-0.39, 0.29) is 12.3 Å². The number of aryl methyl sites for hydroxylation is 3. The lowest BCUT2D eigenvalue weighted by molar-refractivity contribution is -0.132. The average Bonchev–Trinajstić information content (AvgIpc) is 3.13. The lowest BCUT2D eigenvalue weighted by atomic mass is 9.97. The van der Waals surface area contributed by atoms with Crippen LogP contribution in [0, 0.1) is 20.8 Å². The Morgan fingerprint density at radius 1 is 0.914 bits per heavy atom. The molecule has 0 fully saturated rings. The molecule has 35 heavy (non-hydrogen) atoms. The summed E-state index contributed by atoms with van der Waals surface area (Å²) in [6, 6.07) is 7.72. The minimum Gasteiger partial charge on any atom is -0.493 e. The van der Waals surface area contributed by atoms with Crippen LogP contribution >= 0.6 is 0 Å². The fraction of sp³-hybridized carbons (Fsp3) is 0.357. The Kier molecular flexibility index (Phi) is 5.79. The summed E-state index contributed by atoms with van der Waals surface area (Å²) in [5.41, 5.74) is 5.49. The van der Waals surface area contributed by atoms with Gasteiger partial charge in [-0.2, -0.15) is 0 Å². The normalized spacial score (nSPS) is 13.3. The van der Waals surface area contributed by atoms with Crippen LogP contribution in [0.4, 0.5) is 0 Å². The van der Waals surface area contributed by atoms with Crippen LogP contribution < -0.4 is 15.1 Å². The number of nitrogens with zero attached hydrogens (tertiary/aromatic N) is 1. The first-order valence-electron chi connectivity index (χ1n) is 11.8. The number of ether oxygens (including phenoxy) is 2. The summed E-state index contributed by atoms with van der Waals surface area (Å²) in [6.45, 7) is 7.00. The van der Waals surface area contributed by atoms with Crippen molar-refractivity contribution in [3.8, 4) is 11.5 Å². The second kappa shape index (κ2) is 8.80. The van der Waals surface area contributed by atoms with Gasteiger partial charge in [-0.25, -0.2) is 4.79 Å². The van der Waals surface area contributed by atoms with Gasteiger partial charge in [0.2, 0.25) is 5.91 Å². The predicted octanol–water partition coefficient (Wildman–Crippen LogP) is 5.00. The van der Waals surface area contributed by atoms with E-state index in [2.05, 4.69) is 0 Å². The molecule has 7 nitrogen and oxygen atoms in total. The van der Waals surface area contributed by atoms with Crippen LogP contribution in [0.1, 0.15) is 40.0 Å². The SMILES string of the molecule is COc1cc2c(cc1OC)CN(C(=O)CCc1c(C)c3cc4c(C)c(C)oc4cc3oc1=O)CC2. The van der Waals surface area contributed by atoms with E-state index in [1.807, 2.05) is 43.9 Å². The van der Waals surface area contributed by atoms with Gasteiger partial charge >= 0.3 is 5.63 Å². The van der Waals surface area contributed by atoms with Gasteiger partial charge in [-0.05, 0) is 74.1 Å². The fourth-order valence-corrected chi connectivity index (χ4v) is 5.00. The summed E-state index contributed by atoms with van der Waals surface area (Å²) >= 11 is 0. The van der Waals surface area contributed by atoms with Crippen molar-refractivity contribution in [1.82, 2.24) is 4.90 Å². The lowest BCUT2D eigenvalue weighted by Gasteiger charge is -2.29. The highest BCUT2D eigenvalue weighted by Gasteiger charge is 2.24. The van der Waals surface area contributed by atoms with E-state index in [9.17, 15) is 9.59 Å². The molecule has 0 spiro atoms. The molecule has 7 heteroatoms. The molecular weight excluding hydrogens is 446 g/mol. The highest BCUT2D eigenvalue weighted by molar-refractivity contribution is 5.96. The van der Waals surface area contributed by atoms with Gasteiger partial charge in [0.15, 0.2) is 11.5 Å². The van der Waals surface area contributed by atoms with Crippen molar-refractivity contribution in [2.24, 2.45) is 0 Å². The number of carbonyl (C=O) groups is 1. The molecule has 0 aliphatic carbocycles. The van der Waals surface area contributed by atoms with Crippen molar-refractivity contribution in [3.05, 3.63) is 68.3 Å². The van der Waals surface area contributed by atoms with Crippen LogP contribution in [0.25, 0.3) is 21.9 Å². The van der Waals surface area contributed by atoms with E-state index in [1.54, 1.807) is 20.3 Å². The lowest BCUT2D eigenvalue weighted by Crippen LogP contribution is -2.36. The van der Waals surface area contributed by atoms with Crippen molar-refractivity contribution in [1.29, 1.82) is 0 Å². The van der Waals surface area contributed by atoms with E-state index < -0.39 is 5.63 Å². The van der Waals surface area contributed by atoms with Crippen LogP contribution in [0.5, 0.6) is 11.5 Å². The number of hydrogen-bond donors (Lipinski definition) is 0. The molecule has 0 unspecified atom stereocenters. The van der Waals surface area contributed by atoms with Gasteiger partial charge in [-0.15, -0.1) is 0 Å². The summed E-state index contributed by atoms with van der Waals surface area (Å²) in [5.74, 6) is 2.21. The van der Waals surface area contributed by atoms with E-state index in [0.717, 1.165) is 45.2 Å². The third kappa shape index (κ3) is 3.95. The summed E-state index contributed by atoms with van der Waals surface area (Å²) < 4.78 is 22.2. The first-order chi connectivity index (χ1) is 16.8. The van der Waals surface area contributed by atoms with Gasteiger partial charge in [0.25, 0.3) is 0 Å². The molecule has 4 aromatic rings. The second-order valence-electron chi connectivity index (χ2n) is 9.16. The zero-order chi connectivity index (χ0) is 24.9. The standard InChI is InChI=1S/C28H29NO6/c1-15-17(3)34-23-13-24-22(12-21(15)23)16(2)20(28(31)35-24)6-7-27(30)29-9-8-18-10-25(32-4)26(33-5)11-19(18)14-29/h10-13H,6-9,14H2,1-5H3. The Balaban J connectivity index is 1.37. The summed E-state index contributed by atoms with van der Waals surface area (Å²) in [5, 5.41) is 1.88. The van der Waals surface area contributed by atoms with Crippen molar-refractivity contribution < 1.29 is 23.1 Å². The number of rotatable bonds is 5. The van der Waals surface area contributed by atoms with E-state index in [4.69, 9.17) is 18.3 Å². The maximum absolute atomic E-state index is 13.1. The zero-order valence-electron chi connectivity index (χ0n) is 20.7. The van der Waals surface area contributed by atoms with Crippen LogP contribution in [-0.4, -0.2) is 31.6 Å². The Hall–Kier alpha value is -3.74. The summed E-state index contributed by atoms with van der Waals surface area (Å²) in [7, 11) is 3.22. The van der Waals surface area contributed by atoms with Crippen LogP contribution in [0.3, 0.4) is 0 Å². The number of furan rings is 1. The second-order valence-corrected chi connectivity index (χ2v) is 9.16. The Morgan fingerprint density at radius 3 is 2.29 bits per heavy atom. The molecule has 2 aromatic heterocycles. The third-order valence-corrected chi connectivity index (χ3v) is 7.24. The first-order valence-corrected chi connectivity index (χ1v) is 11.8. The van der Waals surface area contributed by atoms with Gasteiger partial charge in [-0.3, -0.25) is 4.79 Å². The van der Waals surface area contributed by atoms with Gasteiger partial charge in [0.1, 0.15) is 16.9 Å². The van der Waals surface area contributed by atoms with E-state index >= 15 is 0 Å². The van der Waals surface area contributed by atoms with Gasteiger partial charge in [0, 0.05) is 41.9 Å². The number of carbonyl (C=O) groups excluding carboxylic acids is 1. The van der Waals surface area contributed by atoms with Crippen molar-refractivity contribution in [3.63, 3.8) is 0 Å². The molecule has 1 amide bonds. The molecule has 182 valence electrons. The van der Waals surface area contributed by atoms with Gasteiger partial charge in [0.05, 0.1) is 14.2 Å². The average molecular weight is 476 g/mol. The van der Waals surface area contributed by atoms with Gasteiger partial charge < -0.3 is 23.2 Å². The summed E-state index contributed by atoms with van der Waals surface area (Å²) in [4.78, 5) is 27.7. The Morgan fingerprint density at radius 2 is 1.57 bits per heavy atom. The minimum atomic E-state index is -0.400. The smallest absolute Gasteiger partial charge is 0.339 e. The maximum Gasteiger partial charge on any atom is 0.339 e. The quantitative estimate of drug-likeness (QED) is 0.378. The molecule has 0 radical (unpaired) electrons. The monoisotopic (exact) mass is 475 g/mol. The third-order valence-electron chi connectivity index (χ3n) is 7.24. The number of fused-ring (bicyclic) bond motifs is 3. The molecule has 1 aliphatic rings. The topological polar surface area (TPSA) is 82.1 Å². The first kappa shape index (κ1) is 23.0. The van der Waals surface area contributed by atoms with E-state index in [1.165, 1.54) is 0 Å². The number of benzene rings is 2. The predicted molar refractivity (Wildman–Crippen MR) is 133 cm³/mol. The van der Waals surface area contributed by atoms with Crippen LogP contribution in [0.2, 0.25) is 0 Å². The van der Waals surface area contributed by atoms with Crippen LogP contribution in [0.15, 0.2) is 37.9 Å². The molecule has 5 rings (SSSR count). The fourth-order valence-electron chi connectivity index (χ4n) is 5.00. The van der Waals surface area contributed by atoms with Crippen LogP contribution in [-0.2, 0) is 24.2 Å². The number of hydrogen-bond acceptors (Lipinski definition) is 6. The van der Waals surface area contributed by atoms with Gasteiger partial charge in [-0.1, -0.05) is 0 Å². The highest BCUT2D eigenvalue weighted by Crippen LogP contribution is 2.34. The summed E-state index contributed by atoms with van der Waals surface area (Å²) in [6.07, 6.45) is 1.32. The molecule has 0 saturated carbocycles. The van der Waals surface area contributed by atoms with E-state index in [0.29, 0.717) is 47.7 Å². The molecular formula is C28H29NO6. The molecule has 3 heterocycles. The number of methoxy groups -OCH3 is 2. The number of amides is 1. The van der Waals surface area contributed by atoms with Crippen molar-refractivity contribution in [2.75, 3.05) is 20.8 Å². The largest absolute Gasteiger partial charge is 0.493 e. The molecule has 0 atom stereocenters. The molecule has 0 bridgehead atoms. The minimum absolute atomic E-state index is 0.0149. The molecule has 0 N–H and O–H groups in total. The Bertz CT molecular complexity index is 1530. The molecule has 0 saturated heterocycles.